The van der Waals surface area contributed by atoms with E-state index in [4.69, 9.17) is 4.74 Å². The lowest BCUT2D eigenvalue weighted by Gasteiger charge is -2.15. The average Bonchev–Trinajstić information content (AvgIpc) is 2.61. The predicted octanol–water partition coefficient (Wildman–Crippen LogP) is 6.65. The lowest BCUT2D eigenvalue weighted by Crippen LogP contribution is -1.95. The van der Waals surface area contributed by atoms with Crippen LogP contribution in [0, 0.1) is 0 Å². The zero-order valence-corrected chi connectivity index (χ0v) is 15.1. The second-order valence-electron chi connectivity index (χ2n) is 6.35. The minimum Gasteiger partial charge on any atom is -0.504 e. The summed E-state index contributed by atoms with van der Waals surface area (Å²) in [6.45, 7) is 4.32. The first kappa shape index (κ1) is 18.4. The molecule has 130 valence electrons. The van der Waals surface area contributed by atoms with Gasteiger partial charge in [0.2, 0.25) is 0 Å². The van der Waals surface area contributed by atoms with Crippen LogP contribution in [0.1, 0.15) is 63.5 Å². The van der Waals surface area contributed by atoms with E-state index in [0.717, 1.165) is 24.2 Å². The number of benzene rings is 2. The Balaban J connectivity index is 2.01. The van der Waals surface area contributed by atoms with Crippen molar-refractivity contribution in [2.75, 3.05) is 0 Å². The van der Waals surface area contributed by atoms with E-state index in [2.05, 4.69) is 26.0 Å². The van der Waals surface area contributed by atoms with E-state index in [1.807, 2.05) is 24.3 Å². The zero-order chi connectivity index (χ0) is 17.2. The van der Waals surface area contributed by atoms with Gasteiger partial charge in [0.15, 0.2) is 11.5 Å². The summed E-state index contributed by atoms with van der Waals surface area (Å²) in [5.41, 5.74) is 2.25. The maximum Gasteiger partial charge on any atom is 0.172 e. The van der Waals surface area contributed by atoms with Gasteiger partial charge >= 0.3 is 0 Å². The van der Waals surface area contributed by atoms with Crippen LogP contribution >= 0.6 is 0 Å². The summed E-state index contributed by atoms with van der Waals surface area (Å²) >= 11 is 0. The molecule has 0 aromatic heterocycles. The fraction of sp³-hybridized carbons (Fsp3) is 0.455. The number of phenolic OH excluding ortho intramolecular Hbond substituents is 1. The molecular weight excluding hydrogens is 296 g/mol. The molecule has 0 unspecified atom stereocenters. The van der Waals surface area contributed by atoms with Crippen molar-refractivity contribution < 1.29 is 9.84 Å². The number of para-hydroxylation sites is 2. The van der Waals surface area contributed by atoms with Crippen LogP contribution in [-0.2, 0) is 12.8 Å². The van der Waals surface area contributed by atoms with Crippen LogP contribution < -0.4 is 4.74 Å². The Morgan fingerprint density at radius 1 is 0.792 bits per heavy atom. The van der Waals surface area contributed by atoms with Crippen LogP contribution in [0.3, 0.4) is 0 Å². The predicted molar refractivity (Wildman–Crippen MR) is 101 cm³/mol. The van der Waals surface area contributed by atoms with Crippen molar-refractivity contribution in [1.29, 1.82) is 0 Å². The summed E-state index contributed by atoms with van der Waals surface area (Å²) < 4.78 is 6.11. The second-order valence-corrected chi connectivity index (χ2v) is 6.35. The van der Waals surface area contributed by atoms with Gasteiger partial charge < -0.3 is 9.84 Å². The van der Waals surface area contributed by atoms with Crippen molar-refractivity contribution in [1.82, 2.24) is 0 Å². The highest BCUT2D eigenvalue weighted by atomic mass is 16.5. The van der Waals surface area contributed by atoms with Crippen LogP contribution in [0.25, 0.3) is 0 Å². The number of hydrogen-bond acceptors (Lipinski definition) is 2. The quantitative estimate of drug-likeness (QED) is 0.495. The Morgan fingerprint density at radius 2 is 1.50 bits per heavy atom. The van der Waals surface area contributed by atoms with E-state index in [-0.39, 0.29) is 5.75 Å². The summed E-state index contributed by atoms with van der Waals surface area (Å²) in [5, 5.41) is 10.1. The highest BCUT2D eigenvalue weighted by Gasteiger charge is 2.11. The molecule has 0 aliphatic rings. The lowest BCUT2D eigenvalue weighted by molar-refractivity contribution is 0.405. The largest absolute Gasteiger partial charge is 0.504 e. The third-order valence-electron chi connectivity index (χ3n) is 4.44. The number of aryl methyl sites for hydroxylation is 2. The van der Waals surface area contributed by atoms with Crippen molar-refractivity contribution in [3.05, 3.63) is 53.6 Å². The normalized spacial score (nSPS) is 10.8. The first-order valence-corrected chi connectivity index (χ1v) is 9.32. The molecular formula is C22H30O2. The van der Waals surface area contributed by atoms with Crippen LogP contribution in [0.2, 0.25) is 0 Å². The molecule has 1 N–H and O–H groups in total. The highest BCUT2D eigenvalue weighted by Crippen LogP contribution is 2.36. The van der Waals surface area contributed by atoms with Gasteiger partial charge in [0.1, 0.15) is 5.75 Å². The molecule has 2 heteroatoms. The number of aromatic hydroxyl groups is 1. The second kappa shape index (κ2) is 10.0. The molecule has 2 nitrogen and oxygen atoms in total. The monoisotopic (exact) mass is 326 g/mol. The van der Waals surface area contributed by atoms with E-state index in [9.17, 15) is 5.11 Å². The molecule has 0 amide bonds. The number of unbranched alkanes of at least 4 members (excludes halogenated alkanes) is 5. The van der Waals surface area contributed by atoms with Gasteiger partial charge in [-0.25, -0.2) is 0 Å². The Morgan fingerprint density at radius 3 is 2.29 bits per heavy atom. The molecule has 0 bridgehead atoms. The Labute approximate surface area is 146 Å². The summed E-state index contributed by atoms with van der Waals surface area (Å²) in [6.07, 6.45) is 9.60. The van der Waals surface area contributed by atoms with Crippen LogP contribution in [-0.4, -0.2) is 5.11 Å². The van der Waals surface area contributed by atoms with Gasteiger partial charge in [-0.3, -0.25) is 0 Å². The fourth-order valence-corrected chi connectivity index (χ4v) is 2.98. The molecule has 24 heavy (non-hydrogen) atoms. The van der Waals surface area contributed by atoms with Gasteiger partial charge in [-0.05, 0) is 42.5 Å². The molecule has 2 aromatic rings. The minimum absolute atomic E-state index is 0.212. The molecule has 0 aliphatic heterocycles. The van der Waals surface area contributed by atoms with E-state index in [1.165, 1.54) is 44.1 Å². The number of rotatable bonds is 10. The maximum absolute atomic E-state index is 10.1. The standard InChI is InChI=1S/C22H30O2/c1-3-5-6-7-8-9-13-19-14-10-11-17-21(19)24-22-18(4-2)15-12-16-20(22)23/h10-12,14-17,23H,3-9,13H2,1-2H3. The Hall–Kier alpha value is -1.96. The van der Waals surface area contributed by atoms with E-state index >= 15 is 0 Å². The maximum atomic E-state index is 10.1. The first-order valence-electron chi connectivity index (χ1n) is 9.32. The molecule has 0 aliphatic carbocycles. The molecule has 2 rings (SSSR count). The molecule has 0 saturated carbocycles. The van der Waals surface area contributed by atoms with Crippen LogP contribution in [0.4, 0.5) is 0 Å². The average molecular weight is 326 g/mol. The number of ether oxygens (including phenoxy) is 1. The van der Waals surface area contributed by atoms with E-state index in [1.54, 1.807) is 6.07 Å². The van der Waals surface area contributed by atoms with Gasteiger partial charge in [-0.1, -0.05) is 76.3 Å². The van der Waals surface area contributed by atoms with Crippen molar-refractivity contribution in [2.45, 2.75) is 65.2 Å². The van der Waals surface area contributed by atoms with Crippen molar-refractivity contribution >= 4 is 0 Å². The summed E-state index contributed by atoms with van der Waals surface area (Å²) in [6, 6.07) is 13.7. The van der Waals surface area contributed by atoms with Gasteiger partial charge in [-0.15, -0.1) is 0 Å². The zero-order valence-electron chi connectivity index (χ0n) is 15.1. The highest BCUT2D eigenvalue weighted by molar-refractivity contribution is 5.49. The number of phenols is 1. The van der Waals surface area contributed by atoms with E-state index in [0.29, 0.717) is 5.75 Å². The summed E-state index contributed by atoms with van der Waals surface area (Å²) in [5.74, 6) is 1.67. The smallest absolute Gasteiger partial charge is 0.172 e. The van der Waals surface area contributed by atoms with Crippen molar-refractivity contribution in [3.8, 4) is 17.2 Å². The lowest BCUT2D eigenvalue weighted by atomic mass is 10.0. The van der Waals surface area contributed by atoms with Crippen molar-refractivity contribution in [2.24, 2.45) is 0 Å². The minimum atomic E-state index is 0.212. The Bertz CT molecular complexity index is 619. The molecule has 0 saturated heterocycles. The van der Waals surface area contributed by atoms with Crippen LogP contribution in [0.15, 0.2) is 42.5 Å². The third-order valence-corrected chi connectivity index (χ3v) is 4.44. The molecule has 0 radical (unpaired) electrons. The van der Waals surface area contributed by atoms with Crippen molar-refractivity contribution in [3.63, 3.8) is 0 Å². The fourth-order valence-electron chi connectivity index (χ4n) is 2.98. The number of hydrogen-bond donors (Lipinski definition) is 1. The molecule has 0 atom stereocenters. The summed E-state index contributed by atoms with van der Waals surface area (Å²) in [4.78, 5) is 0. The molecule has 0 spiro atoms. The summed E-state index contributed by atoms with van der Waals surface area (Å²) in [7, 11) is 0. The molecule has 2 aromatic carbocycles. The topological polar surface area (TPSA) is 29.5 Å². The first-order chi connectivity index (χ1) is 11.8. The SMILES string of the molecule is CCCCCCCCc1ccccc1Oc1c(O)cccc1CC. The van der Waals surface area contributed by atoms with Crippen LogP contribution in [0.5, 0.6) is 17.2 Å². The van der Waals surface area contributed by atoms with Gasteiger partial charge in [0.05, 0.1) is 0 Å². The van der Waals surface area contributed by atoms with Gasteiger partial charge in [-0.2, -0.15) is 0 Å². The Kier molecular flexibility index (Phi) is 7.67. The third kappa shape index (κ3) is 5.30. The molecule has 0 fully saturated rings. The molecule has 0 heterocycles. The van der Waals surface area contributed by atoms with Gasteiger partial charge in [0.25, 0.3) is 0 Å². The van der Waals surface area contributed by atoms with Gasteiger partial charge in [0, 0.05) is 0 Å². The van der Waals surface area contributed by atoms with E-state index < -0.39 is 0 Å².